The van der Waals surface area contributed by atoms with E-state index in [1.54, 1.807) is 12.1 Å². The van der Waals surface area contributed by atoms with Gasteiger partial charge in [0.25, 0.3) is 0 Å². The molecule has 0 saturated carbocycles. The number of para-hydroxylation sites is 1. The topological polar surface area (TPSA) is 35.2 Å². The van der Waals surface area contributed by atoms with E-state index in [0.717, 1.165) is 15.8 Å². The molecule has 0 bridgehead atoms. The van der Waals surface area contributed by atoms with Gasteiger partial charge in [0.05, 0.1) is 4.47 Å². The molecular formula is C14H13BrFNO. The minimum absolute atomic E-state index is 0.268. The van der Waals surface area contributed by atoms with Crippen LogP contribution in [-0.4, -0.2) is 6.54 Å². The van der Waals surface area contributed by atoms with E-state index < -0.39 is 0 Å². The lowest BCUT2D eigenvalue weighted by molar-refractivity contribution is 0.212. The highest BCUT2D eigenvalue weighted by atomic mass is 79.9. The van der Waals surface area contributed by atoms with Crippen LogP contribution >= 0.6 is 15.9 Å². The van der Waals surface area contributed by atoms with Gasteiger partial charge >= 0.3 is 0 Å². The van der Waals surface area contributed by atoms with E-state index in [1.807, 2.05) is 24.3 Å². The lowest BCUT2D eigenvalue weighted by atomic mass is 10.1. The first kappa shape index (κ1) is 13.1. The molecule has 0 aliphatic carbocycles. The molecule has 2 aromatic rings. The van der Waals surface area contributed by atoms with E-state index in [2.05, 4.69) is 15.9 Å². The van der Waals surface area contributed by atoms with Crippen molar-refractivity contribution in [1.29, 1.82) is 0 Å². The van der Waals surface area contributed by atoms with Crippen molar-refractivity contribution in [3.05, 3.63) is 64.4 Å². The largest absolute Gasteiger partial charge is 0.483 e. The summed E-state index contributed by atoms with van der Waals surface area (Å²) in [5.74, 6) is 0.452. The fraction of sp³-hybridized carbons (Fsp3) is 0.143. The van der Waals surface area contributed by atoms with Crippen LogP contribution in [0, 0.1) is 5.82 Å². The number of nitrogens with two attached hydrogens (primary N) is 1. The summed E-state index contributed by atoms with van der Waals surface area (Å²) in [4.78, 5) is 0. The molecule has 2 N–H and O–H groups in total. The Morgan fingerprint density at radius 1 is 1.11 bits per heavy atom. The summed E-state index contributed by atoms with van der Waals surface area (Å²) in [6, 6.07) is 13.7. The quantitative estimate of drug-likeness (QED) is 0.935. The van der Waals surface area contributed by atoms with Gasteiger partial charge in [-0.05, 0) is 45.8 Å². The van der Waals surface area contributed by atoms with E-state index in [1.165, 1.54) is 12.1 Å². The molecule has 2 aromatic carbocycles. The van der Waals surface area contributed by atoms with Crippen molar-refractivity contribution < 1.29 is 9.13 Å². The molecular weight excluding hydrogens is 297 g/mol. The minimum atomic E-state index is -0.288. The third-order valence-electron chi connectivity index (χ3n) is 2.56. The number of halogens is 2. The fourth-order valence-electron chi connectivity index (χ4n) is 1.62. The zero-order chi connectivity index (χ0) is 13.0. The number of benzene rings is 2. The third-order valence-corrected chi connectivity index (χ3v) is 3.22. The number of hydrogen-bond acceptors (Lipinski definition) is 2. The highest BCUT2D eigenvalue weighted by molar-refractivity contribution is 9.10. The molecule has 0 aliphatic rings. The maximum atomic E-state index is 12.9. The lowest BCUT2D eigenvalue weighted by Crippen LogP contribution is -2.18. The van der Waals surface area contributed by atoms with Gasteiger partial charge in [0, 0.05) is 6.54 Å². The minimum Gasteiger partial charge on any atom is -0.483 e. The van der Waals surface area contributed by atoms with Crippen molar-refractivity contribution in [2.45, 2.75) is 6.10 Å². The van der Waals surface area contributed by atoms with E-state index in [0.29, 0.717) is 6.54 Å². The zero-order valence-corrected chi connectivity index (χ0v) is 11.2. The molecule has 0 aliphatic heterocycles. The van der Waals surface area contributed by atoms with Crippen molar-refractivity contribution in [2.75, 3.05) is 6.54 Å². The predicted molar refractivity (Wildman–Crippen MR) is 73.0 cm³/mol. The Morgan fingerprint density at radius 2 is 1.78 bits per heavy atom. The molecule has 0 radical (unpaired) electrons. The summed E-state index contributed by atoms with van der Waals surface area (Å²) < 4.78 is 19.6. The Hall–Kier alpha value is -1.39. The summed E-state index contributed by atoms with van der Waals surface area (Å²) in [6.07, 6.45) is -0.288. The normalized spacial score (nSPS) is 12.2. The molecule has 2 nitrogen and oxygen atoms in total. The van der Waals surface area contributed by atoms with Crippen molar-refractivity contribution in [3.8, 4) is 5.75 Å². The first-order valence-electron chi connectivity index (χ1n) is 5.57. The van der Waals surface area contributed by atoms with Crippen molar-refractivity contribution in [2.24, 2.45) is 5.73 Å². The Bertz CT molecular complexity index is 515. The van der Waals surface area contributed by atoms with Crippen LogP contribution in [0.15, 0.2) is 53.0 Å². The smallest absolute Gasteiger partial charge is 0.136 e. The molecule has 1 unspecified atom stereocenters. The van der Waals surface area contributed by atoms with Gasteiger partial charge < -0.3 is 10.5 Å². The molecule has 2 rings (SSSR count). The van der Waals surface area contributed by atoms with E-state index in [-0.39, 0.29) is 11.9 Å². The van der Waals surface area contributed by atoms with Crippen LogP contribution < -0.4 is 10.5 Å². The van der Waals surface area contributed by atoms with Crippen LogP contribution in [0.5, 0.6) is 5.75 Å². The Kier molecular flexibility index (Phi) is 4.33. The van der Waals surface area contributed by atoms with E-state index in [9.17, 15) is 4.39 Å². The molecule has 0 heterocycles. The molecule has 0 aromatic heterocycles. The van der Waals surface area contributed by atoms with Gasteiger partial charge in [0.15, 0.2) is 0 Å². The summed E-state index contributed by atoms with van der Waals surface area (Å²) in [5, 5.41) is 0. The van der Waals surface area contributed by atoms with Crippen LogP contribution in [-0.2, 0) is 0 Å². The van der Waals surface area contributed by atoms with Crippen LogP contribution in [0.2, 0.25) is 0 Å². The van der Waals surface area contributed by atoms with Gasteiger partial charge in [-0.2, -0.15) is 0 Å². The second-order valence-electron chi connectivity index (χ2n) is 3.82. The second-order valence-corrected chi connectivity index (χ2v) is 4.68. The number of ether oxygens (including phenoxy) is 1. The molecule has 0 spiro atoms. The van der Waals surface area contributed by atoms with Gasteiger partial charge in [0.2, 0.25) is 0 Å². The Labute approximate surface area is 114 Å². The molecule has 0 saturated heterocycles. The highest BCUT2D eigenvalue weighted by Crippen LogP contribution is 2.28. The van der Waals surface area contributed by atoms with Crippen LogP contribution in [0.4, 0.5) is 4.39 Å². The Morgan fingerprint density at radius 3 is 2.39 bits per heavy atom. The third kappa shape index (κ3) is 3.09. The summed E-state index contributed by atoms with van der Waals surface area (Å²) >= 11 is 3.41. The van der Waals surface area contributed by atoms with Crippen molar-refractivity contribution in [3.63, 3.8) is 0 Å². The van der Waals surface area contributed by atoms with Gasteiger partial charge in [-0.25, -0.2) is 4.39 Å². The average molecular weight is 310 g/mol. The number of hydrogen-bond donors (Lipinski definition) is 1. The maximum absolute atomic E-state index is 12.9. The molecule has 1 atom stereocenters. The highest BCUT2D eigenvalue weighted by Gasteiger charge is 2.12. The van der Waals surface area contributed by atoms with Gasteiger partial charge in [0.1, 0.15) is 17.7 Å². The maximum Gasteiger partial charge on any atom is 0.136 e. The summed E-state index contributed by atoms with van der Waals surface area (Å²) in [5.41, 5.74) is 6.56. The van der Waals surface area contributed by atoms with Crippen LogP contribution in [0.1, 0.15) is 11.7 Å². The molecule has 4 heteroatoms. The standard InChI is InChI=1S/C14H13BrFNO/c15-12-3-1-2-4-13(12)18-14(9-17)10-5-7-11(16)8-6-10/h1-8,14H,9,17H2. The zero-order valence-electron chi connectivity index (χ0n) is 9.64. The SMILES string of the molecule is NCC(Oc1ccccc1Br)c1ccc(F)cc1. The lowest BCUT2D eigenvalue weighted by Gasteiger charge is -2.18. The van der Waals surface area contributed by atoms with Crippen LogP contribution in [0.25, 0.3) is 0 Å². The summed E-state index contributed by atoms with van der Waals surface area (Å²) in [6.45, 7) is 0.326. The van der Waals surface area contributed by atoms with Gasteiger partial charge in [-0.1, -0.05) is 24.3 Å². The van der Waals surface area contributed by atoms with E-state index >= 15 is 0 Å². The predicted octanol–water partition coefficient (Wildman–Crippen LogP) is 3.67. The van der Waals surface area contributed by atoms with Crippen molar-refractivity contribution in [1.82, 2.24) is 0 Å². The first-order chi connectivity index (χ1) is 8.70. The molecule has 94 valence electrons. The van der Waals surface area contributed by atoms with Crippen LogP contribution in [0.3, 0.4) is 0 Å². The average Bonchev–Trinajstić information content (AvgIpc) is 2.39. The molecule has 0 amide bonds. The second kappa shape index (κ2) is 5.98. The summed E-state index contributed by atoms with van der Waals surface area (Å²) in [7, 11) is 0. The number of rotatable bonds is 4. The fourth-order valence-corrected chi connectivity index (χ4v) is 2.00. The molecule has 0 fully saturated rings. The Balaban J connectivity index is 2.20. The van der Waals surface area contributed by atoms with Gasteiger partial charge in [-0.15, -0.1) is 0 Å². The molecule has 18 heavy (non-hydrogen) atoms. The first-order valence-corrected chi connectivity index (χ1v) is 6.36. The van der Waals surface area contributed by atoms with Crippen molar-refractivity contribution >= 4 is 15.9 Å². The van der Waals surface area contributed by atoms with E-state index in [4.69, 9.17) is 10.5 Å². The monoisotopic (exact) mass is 309 g/mol. The van der Waals surface area contributed by atoms with Gasteiger partial charge in [-0.3, -0.25) is 0 Å².